The van der Waals surface area contributed by atoms with E-state index in [9.17, 15) is 5.11 Å². The van der Waals surface area contributed by atoms with Crippen LogP contribution in [0.4, 0.5) is 0 Å². The maximum Gasteiger partial charge on any atom is 0.0937 e. The van der Waals surface area contributed by atoms with Gasteiger partial charge in [0.25, 0.3) is 0 Å². The van der Waals surface area contributed by atoms with Gasteiger partial charge in [-0.15, -0.1) is 0 Å². The molecule has 0 radical (unpaired) electrons. The van der Waals surface area contributed by atoms with Crippen LogP contribution >= 0.6 is 23.2 Å². The second kappa shape index (κ2) is 5.15. The van der Waals surface area contributed by atoms with Crippen LogP contribution in [0.1, 0.15) is 31.2 Å². The number of hydrogen-bond acceptors (Lipinski definition) is 2. The van der Waals surface area contributed by atoms with E-state index in [1.807, 2.05) is 6.07 Å². The van der Waals surface area contributed by atoms with Crippen LogP contribution < -0.4 is 5.73 Å². The molecule has 0 spiro atoms. The third kappa shape index (κ3) is 2.45. The molecule has 2 rings (SSSR count). The van der Waals surface area contributed by atoms with Crippen molar-refractivity contribution in [2.75, 3.05) is 6.54 Å². The Morgan fingerprint density at radius 3 is 2.71 bits per heavy atom. The Hall–Kier alpha value is -0.280. The lowest BCUT2D eigenvalue weighted by Gasteiger charge is -2.40. The molecule has 1 aromatic carbocycles. The SMILES string of the molecule is NC[C@@H]1CCCC[C@]1(O)c1ccc(Cl)c(Cl)c1. The van der Waals surface area contributed by atoms with Gasteiger partial charge in [0.1, 0.15) is 0 Å². The summed E-state index contributed by atoms with van der Waals surface area (Å²) in [6, 6.07) is 5.35. The predicted octanol–water partition coefficient (Wildman–Crippen LogP) is 3.33. The van der Waals surface area contributed by atoms with Crippen LogP contribution in [0.3, 0.4) is 0 Å². The third-order valence-electron chi connectivity index (χ3n) is 3.74. The summed E-state index contributed by atoms with van der Waals surface area (Å²) in [7, 11) is 0. The van der Waals surface area contributed by atoms with E-state index in [0.717, 1.165) is 31.2 Å². The summed E-state index contributed by atoms with van der Waals surface area (Å²) in [5.74, 6) is 0.105. The minimum absolute atomic E-state index is 0.105. The molecule has 1 fully saturated rings. The molecular formula is C13H17Cl2NO. The fourth-order valence-corrected chi connectivity index (χ4v) is 2.98. The summed E-state index contributed by atoms with van der Waals surface area (Å²) < 4.78 is 0. The maximum absolute atomic E-state index is 10.8. The summed E-state index contributed by atoms with van der Waals surface area (Å²) >= 11 is 11.9. The molecule has 0 heterocycles. The molecule has 4 heteroatoms. The first-order valence-electron chi connectivity index (χ1n) is 5.96. The standard InChI is InChI=1S/C13H17Cl2NO/c14-11-5-4-9(7-12(11)15)13(17)6-2-1-3-10(13)8-16/h4-5,7,10,17H,1-3,6,8,16H2/t10-,13-/m0/s1. The largest absolute Gasteiger partial charge is 0.385 e. The summed E-state index contributed by atoms with van der Waals surface area (Å²) in [5.41, 5.74) is 5.75. The molecule has 0 bridgehead atoms. The van der Waals surface area contributed by atoms with Gasteiger partial charge in [0.05, 0.1) is 15.6 Å². The molecule has 2 nitrogen and oxygen atoms in total. The van der Waals surface area contributed by atoms with Crippen molar-refractivity contribution >= 4 is 23.2 Å². The Morgan fingerprint density at radius 1 is 1.29 bits per heavy atom. The zero-order chi connectivity index (χ0) is 12.5. The van der Waals surface area contributed by atoms with Gasteiger partial charge in [0, 0.05) is 5.92 Å². The fraction of sp³-hybridized carbons (Fsp3) is 0.538. The lowest BCUT2D eigenvalue weighted by atomic mass is 9.71. The molecule has 17 heavy (non-hydrogen) atoms. The number of hydrogen-bond donors (Lipinski definition) is 2. The molecule has 0 unspecified atom stereocenters. The van der Waals surface area contributed by atoms with Gasteiger partial charge in [0.15, 0.2) is 0 Å². The van der Waals surface area contributed by atoms with Crippen LogP contribution in [0.5, 0.6) is 0 Å². The summed E-state index contributed by atoms with van der Waals surface area (Å²) in [6.45, 7) is 0.497. The minimum atomic E-state index is -0.846. The van der Waals surface area contributed by atoms with Crippen LogP contribution in [-0.2, 0) is 5.60 Å². The first-order chi connectivity index (χ1) is 8.08. The van der Waals surface area contributed by atoms with E-state index in [2.05, 4.69) is 0 Å². The first kappa shape index (κ1) is 13.2. The Bertz CT molecular complexity index is 410. The molecular weight excluding hydrogens is 257 g/mol. The van der Waals surface area contributed by atoms with E-state index in [0.29, 0.717) is 16.6 Å². The van der Waals surface area contributed by atoms with Crippen molar-refractivity contribution in [1.29, 1.82) is 0 Å². The van der Waals surface area contributed by atoms with Gasteiger partial charge < -0.3 is 10.8 Å². The topological polar surface area (TPSA) is 46.2 Å². The van der Waals surface area contributed by atoms with E-state index in [1.165, 1.54) is 0 Å². The number of halogens is 2. The average Bonchev–Trinajstić information content (AvgIpc) is 2.33. The van der Waals surface area contributed by atoms with Crippen LogP contribution in [0.15, 0.2) is 18.2 Å². The summed E-state index contributed by atoms with van der Waals surface area (Å²) in [4.78, 5) is 0. The van der Waals surface area contributed by atoms with Crippen molar-refractivity contribution in [3.8, 4) is 0 Å². The lowest BCUT2D eigenvalue weighted by molar-refractivity contribution is -0.0506. The molecule has 94 valence electrons. The highest BCUT2D eigenvalue weighted by atomic mass is 35.5. The third-order valence-corrected chi connectivity index (χ3v) is 4.48. The highest BCUT2D eigenvalue weighted by Crippen LogP contribution is 2.42. The van der Waals surface area contributed by atoms with E-state index in [4.69, 9.17) is 28.9 Å². The summed E-state index contributed by atoms with van der Waals surface area (Å²) in [6.07, 6.45) is 3.86. The molecule has 1 aliphatic rings. The minimum Gasteiger partial charge on any atom is -0.385 e. The average molecular weight is 274 g/mol. The lowest BCUT2D eigenvalue weighted by Crippen LogP contribution is -2.41. The Kier molecular flexibility index (Phi) is 3.99. The zero-order valence-electron chi connectivity index (χ0n) is 9.63. The number of aliphatic hydroxyl groups is 1. The van der Waals surface area contributed by atoms with Crippen LogP contribution in [0.2, 0.25) is 10.0 Å². The highest BCUT2D eigenvalue weighted by molar-refractivity contribution is 6.42. The van der Waals surface area contributed by atoms with E-state index in [-0.39, 0.29) is 5.92 Å². The second-order valence-corrected chi connectivity index (χ2v) is 5.55. The zero-order valence-corrected chi connectivity index (χ0v) is 11.1. The molecule has 0 amide bonds. The van der Waals surface area contributed by atoms with Crippen molar-refractivity contribution in [1.82, 2.24) is 0 Å². The molecule has 2 atom stereocenters. The number of benzene rings is 1. The molecule has 0 saturated heterocycles. The van der Waals surface area contributed by atoms with Crippen molar-refractivity contribution in [2.45, 2.75) is 31.3 Å². The van der Waals surface area contributed by atoms with Crippen LogP contribution in [0.25, 0.3) is 0 Å². The molecule has 1 aliphatic carbocycles. The van der Waals surface area contributed by atoms with Crippen molar-refractivity contribution in [3.63, 3.8) is 0 Å². The Labute approximate surface area is 112 Å². The van der Waals surface area contributed by atoms with Gasteiger partial charge >= 0.3 is 0 Å². The van der Waals surface area contributed by atoms with E-state index < -0.39 is 5.60 Å². The van der Waals surface area contributed by atoms with E-state index in [1.54, 1.807) is 12.1 Å². The molecule has 1 aromatic rings. The molecule has 3 N–H and O–H groups in total. The van der Waals surface area contributed by atoms with Crippen molar-refractivity contribution in [2.24, 2.45) is 11.7 Å². The molecule has 1 saturated carbocycles. The van der Waals surface area contributed by atoms with Crippen molar-refractivity contribution in [3.05, 3.63) is 33.8 Å². The van der Waals surface area contributed by atoms with Crippen molar-refractivity contribution < 1.29 is 5.11 Å². The number of rotatable bonds is 2. The highest BCUT2D eigenvalue weighted by Gasteiger charge is 2.39. The van der Waals surface area contributed by atoms with Gasteiger partial charge in [-0.3, -0.25) is 0 Å². The Balaban J connectivity index is 2.37. The monoisotopic (exact) mass is 273 g/mol. The second-order valence-electron chi connectivity index (χ2n) is 4.73. The summed E-state index contributed by atoms with van der Waals surface area (Å²) in [5, 5.41) is 11.8. The predicted molar refractivity (Wildman–Crippen MR) is 71.4 cm³/mol. The van der Waals surface area contributed by atoms with Crippen LogP contribution in [0, 0.1) is 5.92 Å². The van der Waals surface area contributed by atoms with Gasteiger partial charge in [-0.25, -0.2) is 0 Å². The van der Waals surface area contributed by atoms with Gasteiger partial charge in [-0.05, 0) is 37.1 Å². The smallest absolute Gasteiger partial charge is 0.0937 e. The fourth-order valence-electron chi connectivity index (χ4n) is 2.69. The van der Waals surface area contributed by atoms with Gasteiger partial charge in [-0.1, -0.05) is 42.1 Å². The maximum atomic E-state index is 10.8. The molecule has 0 aliphatic heterocycles. The van der Waals surface area contributed by atoms with Gasteiger partial charge in [-0.2, -0.15) is 0 Å². The molecule has 0 aromatic heterocycles. The van der Waals surface area contributed by atoms with Gasteiger partial charge in [0.2, 0.25) is 0 Å². The van der Waals surface area contributed by atoms with Crippen LogP contribution in [-0.4, -0.2) is 11.7 Å². The number of nitrogens with two attached hydrogens (primary N) is 1. The van der Waals surface area contributed by atoms with E-state index >= 15 is 0 Å². The first-order valence-corrected chi connectivity index (χ1v) is 6.71. The Morgan fingerprint density at radius 2 is 2.06 bits per heavy atom. The normalized spacial score (nSPS) is 29.3. The quantitative estimate of drug-likeness (QED) is 0.868.